The lowest BCUT2D eigenvalue weighted by Crippen LogP contribution is -2.64. The maximum atomic E-state index is 10.8. The van der Waals surface area contributed by atoms with Crippen LogP contribution in [0.15, 0.2) is 24.3 Å². The summed E-state index contributed by atoms with van der Waals surface area (Å²) in [5, 5.41) is 142. The van der Waals surface area contributed by atoms with Gasteiger partial charge in [-0.2, -0.15) is 23.5 Å². The highest BCUT2D eigenvalue weighted by Crippen LogP contribution is 2.32. The molecule has 4 aliphatic heterocycles. The highest BCUT2D eigenvalue weighted by Gasteiger charge is 2.52. The van der Waals surface area contributed by atoms with Crippen LogP contribution in [0.1, 0.15) is 11.1 Å². The van der Waals surface area contributed by atoms with Gasteiger partial charge in [-0.25, -0.2) is 0 Å². The molecule has 4 fully saturated rings. The van der Waals surface area contributed by atoms with E-state index in [1.165, 1.54) is 23.5 Å². The molecular formula is C36H58O22S2. The van der Waals surface area contributed by atoms with Crippen molar-refractivity contribution < 1.29 is 109 Å². The van der Waals surface area contributed by atoms with Gasteiger partial charge in [0.15, 0.2) is 25.2 Å². The molecule has 0 aromatic heterocycles. The third-order valence-electron chi connectivity index (χ3n) is 10.5. The van der Waals surface area contributed by atoms with Gasteiger partial charge in [-0.1, -0.05) is 24.3 Å². The summed E-state index contributed by atoms with van der Waals surface area (Å²) in [6, 6.07) is 7.88. The molecule has 4 aliphatic rings. The summed E-state index contributed by atoms with van der Waals surface area (Å²) < 4.78 is 44.3. The van der Waals surface area contributed by atoms with Gasteiger partial charge in [-0.05, 0) is 11.1 Å². The number of hydrogen-bond donors (Lipinski definition) is 14. The first-order valence-corrected chi connectivity index (χ1v) is 21.7. The molecule has 0 aliphatic carbocycles. The van der Waals surface area contributed by atoms with Crippen molar-refractivity contribution in [2.24, 2.45) is 0 Å². The summed E-state index contributed by atoms with van der Waals surface area (Å²) in [6.07, 6.45) is -30.5. The van der Waals surface area contributed by atoms with Crippen LogP contribution in [-0.2, 0) is 49.4 Å². The maximum absolute atomic E-state index is 10.8. The third-order valence-corrected chi connectivity index (χ3v) is 12.5. The first-order chi connectivity index (χ1) is 28.7. The summed E-state index contributed by atoms with van der Waals surface area (Å²) in [7, 11) is 0. The molecule has 5 rings (SSSR count). The topological polar surface area (TPSA) is 357 Å². The van der Waals surface area contributed by atoms with Crippen molar-refractivity contribution in [2.45, 2.75) is 134 Å². The van der Waals surface area contributed by atoms with E-state index >= 15 is 0 Å². The van der Waals surface area contributed by atoms with Crippen LogP contribution >= 0.6 is 23.5 Å². The molecule has 0 amide bonds. The van der Waals surface area contributed by atoms with E-state index in [0.717, 1.165) is 11.1 Å². The SMILES string of the molecule is OC[C@H]1O[C@H](O[C@@H]2[C@H](O)[C@@H](O)[C@H](OCCSCc3ccc(CSCCO[C@@H]4O[C@H](CO)[C@H](O[C@H]5O[C@H](CO)[C@H](O)[C@H](O)[C@H]5O)[C@H](O)[C@H]4O)cc3)O[C@@H]2CO)[C@H](O)[C@@H](O)[C@H]1O. The van der Waals surface area contributed by atoms with Crippen LogP contribution in [0.2, 0.25) is 0 Å². The molecule has 24 heteroatoms. The van der Waals surface area contributed by atoms with Gasteiger partial charge in [-0.3, -0.25) is 0 Å². The Hall–Kier alpha value is -0.960. The van der Waals surface area contributed by atoms with E-state index in [2.05, 4.69) is 0 Å². The fourth-order valence-corrected chi connectivity index (χ4v) is 8.52. The van der Waals surface area contributed by atoms with Gasteiger partial charge in [0.1, 0.15) is 97.7 Å². The molecule has 20 atom stereocenters. The van der Waals surface area contributed by atoms with Crippen LogP contribution in [0.4, 0.5) is 0 Å². The van der Waals surface area contributed by atoms with Gasteiger partial charge in [0.25, 0.3) is 0 Å². The second kappa shape index (κ2) is 23.8. The number of hydrogen-bond acceptors (Lipinski definition) is 24. The number of ether oxygens (including phenoxy) is 8. The number of rotatable bonds is 20. The van der Waals surface area contributed by atoms with Crippen molar-refractivity contribution in [3.05, 3.63) is 35.4 Å². The highest BCUT2D eigenvalue weighted by molar-refractivity contribution is 7.98. The van der Waals surface area contributed by atoms with Crippen molar-refractivity contribution in [3.8, 4) is 0 Å². The highest BCUT2D eigenvalue weighted by atomic mass is 32.2. The Morgan fingerprint density at radius 1 is 0.400 bits per heavy atom. The van der Waals surface area contributed by atoms with Crippen LogP contribution < -0.4 is 0 Å². The first-order valence-electron chi connectivity index (χ1n) is 19.4. The third kappa shape index (κ3) is 12.2. The average molecular weight is 907 g/mol. The summed E-state index contributed by atoms with van der Waals surface area (Å²) in [4.78, 5) is 0. The first kappa shape index (κ1) is 50.0. The summed E-state index contributed by atoms with van der Waals surface area (Å²) >= 11 is 3.07. The fourth-order valence-electron chi connectivity index (χ4n) is 6.94. The number of aliphatic hydroxyl groups is 14. The van der Waals surface area contributed by atoms with Crippen LogP contribution in [0.25, 0.3) is 0 Å². The Balaban J connectivity index is 0.967. The fraction of sp³-hybridized carbons (Fsp3) is 0.833. The van der Waals surface area contributed by atoms with Crippen molar-refractivity contribution in [2.75, 3.05) is 51.1 Å². The van der Waals surface area contributed by atoms with Crippen LogP contribution in [0, 0.1) is 0 Å². The molecule has 0 saturated carbocycles. The molecule has 0 radical (unpaired) electrons. The molecule has 346 valence electrons. The maximum Gasteiger partial charge on any atom is 0.187 e. The Bertz CT molecular complexity index is 1280. The lowest BCUT2D eigenvalue weighted by atomic mass is 9.97. The van der Waals surface area contributed by atoms with E-state index in [4.69, 9.17) is 37.9 Å². The predicted molar refractivity (Wildman–Crippen MR) is 203 cm³/mol. The van der Waals surface area contributed by atoms with Crippen molar-refractivity contribution in [1.29, 1.82) is 0 Å². The molecule has 1 aromatic carbocycles. The van der Waals surface area contributed by atoms with Gasteiger partial charge in [0.05, 0.1) is 39.6 Å². The van der Waals surface area contributed by atoms with Crippen molar-refractivity contribution >= 4 is 23.5 Å². The molecule has 4 heterocycles. The minimum absolute atomic E-state index is 0.116. The summed E-state index contributed by atoms with van der Waals surface area (Å²) in [6.45, 7) is -2.50. The smallest absolute Gasteiger partial charge is 0.187 e. The second-order valence-corrected chi connectivity index (χ2v) is 16.9. The average Bonchev–Trinajstić information content (AvgIpc) is 3.25. The largest absolute Gasteiger partial charge is 0.394 e. The van der Waals surface area contributed by atoms with Gasteiger partial charge >= 0.3 is 0 Å². The summed E-state index contributed by atoms with van der Waals surface area (Å²) in [5.41, 5.74) is 2.06. The zero-order valence-corrected chi connectivity index (χ0v) is 33.9. The number of benzene rings is 1. The lowest BCUT2D eigenvalue weighted by molar-refractivity contribution is -0.359. The number of thioether (sulfide) groups is 2. The predicted octanol–water partition coefficient (Wildman–Crippen LogP) is -6.57. The van der Waals surface area contributed by atoms with Crippen LogP contribution in [0.3, 0.4) is 0 Å². The number of aliphatic hydroxyl groups excluding tert-OH is 14. The molecular weight excluding hydrogens is 849 g/mol. The van der Waals surface area contributed by atoms with E-state index in [0.29, 0.717) is 23.0 Å². The van der Waals surface area contributed by atoms with Crippen LogP contribution in [0.5, 0.6) is 0 Å². The van der Waals surface area contributed by atoms with Crippen molar-refractivity contribution in [3.63, 3.8) is 0 Å². The molecule has 0 unspecified atom stereocenters. The molecule has 0 bridgehead atoms. The Kier molecular flexibility index (Phi) is 19.9. The van der Waals surface area contributed by atoms with Gasteiger partial charge in [0, 0.05) is 23.0 Å². The molecule has 14 N–H and O–H groups in total. The van der Waals surface area contributed by atoms with E-state index < -0.39 is 149 Å². The van der Waals surface area contributed by atoms with Gasteiger partial charge < -0.3 is 109 Å². The molecule has 0 spiro atoms. The van der Waals surface area contributed by atoms with E-state index in [1.807, 2.05) is 24.3 Å². The second-order valence-electron chi connectivity index (χ2n) is 14.7. The monoisotopic (exact) mass is 906 g/mol. The zero-order chi connectivity index (χ0) is 43.7. The Labute approximate surface area is 353 Å². The van der Waals surface area contributed by atoms with E-state index in [1.54, 1.807) is 0 Å². The molecule has 4 saturated heterocycles. The Morgan fingerprint density at radius 2 is 0.717 bits per heavy atom. The van der Waals surface area contributed by atoms with E-state index in [-0.39, 0.29) is 13.2 Å². The minimum Gasteiger partial charge on any atom is -0.394 e. The molecule has 22 nitrogen and oxygen atoms in total. The van der Waals surface area contributed by atoms with Crippen LogP contribution in [-0.4, -0.2) is 245 Å². The van der Waals surface area contributed by atoms with Gasteiger partial charge in [-0.15, -0.1) is 0 Å². The molecule has 60 heavy (non-hydrogen) atoms. The quantitative estimate of drug-likeness (QED) is 0.0541. The minimum atomic E-state index is -1.77. The molecule has 1 aromatic rings. The zero-order valence-electron chi connectivity index (χ0n) is 32.3. The van der Waals surface area contributed by atoms with Gasteiger partial charge in [0.2, 0.25) is 0 Å². The standard InChI is InChI=1S/C36H58O22S2/c37-9-17-21(41)23(43)27(47)35(53-17)57-31-19(11-39)55-33(29(49)25(31)45)51-5-7-59-13-15-1-2-16(4-3-15)14-60-8-6-52-34-30(50)26(46)32(20(12-40)56-34)58-36-28(48)24(44)22(42)18(10-38)54-36/h1-4,17-50H,5-14H2/t17-,18-,19-,20-,21+,22+,23+,24+,25-,26-,27-,28-,29-,30-,31+,32+,33-,34-,35-,36-/m1/s1. The summed E-state index contributed by atoms with van der Waals surface area (Å²) in [5.74, 6) is 2.23. The Morgan fingerprint density at radius 3 is 1.05 bits per heavy atom. The lowest BCUT2D eigenvalue weighted by Gasteiger charge is -2.45. The normalized spacial score (nSPS) is 42.6. The van der Waals surface area contributed by atoms with Crippen molar-refractivity contribution in [1.82, 2.24) is 0 Å². The van der Waals surface area contributed by atoms with E-state index in [9.17, 15) is 71.5 Å².